The van der Waals surface area contributed by atoms with Crippen molar-refractivity contribution < 1.29 is 9.84 Å². The van der Waals surface area contributed by atoms with E-state index in [4.69, 9.17) is 10.5 Å². The molecule has 0 aliphatic carbocycles. The van der Waals surface area contributed by atoms with E-state index in [1.54, 1.807) is 7.11 Å². The Morgan fingerprint density at radius 2 is 1.89 bits per heavy atom. The molecule has 19 heavy (non-hydrogen) atoms. The Kier molecular flexibility index (Phi) is 6.84. The molecule has 1 atom stereocenters. The van der Waals surface area contributed by atoms with Crippen LogP contribution in [0.2, 0.25) is 0 Å². The van der Waals surface area contributed by atoms with Crippen molar-refractivity contribution in [3.8, 4) is 5.75 Å². The number of ether oxygens (including phenoxy) is 1. The molecular weight excluding hydrogens is 262 g/mol. The fourth-order valence-electron chi connectivity index (χ4n) is 1.87. The van der Waals surface area contributed by atoms with Gasteiger partial charge in [0.05, 0.1) is 7.11 Å². The monoisotopic (exact) mass is 287 g/mol. The normalized spacial score (nSPS) is 13.1. The van der Waals surface area contributed by atoms with Crippen LogP contribution in [0.1, 0.15) is 50.8 Å². The highest BCUT2D eigenvalue weighted by molar-refractivity contribution is 5.85. The van der Waals surface area contributed by atoms with Gasteiger partial charge < -0.3 is 15.6 Å². The Balaban J connectivity index is 0.00000324. The summed E-state index contributed by atoms with van der Waals surface area (Å²) in [5.74, 6) is 1.23. The summed E-state index contributed by atoms with van der Waals surface area (Å²) in [5, 5.41) is 9.45. The Morgan fingerprint density at radius 1 is 1.32 bits per heavy atom. The van der Waals surface area contributed by atoms with Gasteiger partial charge in [0.2, 0.25) is 0 Å². The van der Waals surface area contributed by atoms with Gasteiger partial charge in [0.25, 0.3) is 0 Å². The van der Waals surface area contributed by atoms with Crippen molar-refractivity contribution in [2.75, 3.05) is 13.7 Å². The SMILES string of the molecule is COc1ccc(C(C)C)cc1[C@@H](N)C(C)(C)CO.Cl. The maximum absolute atomic E-state index is 9.45. The van der Waals surface area contributed by atoms with Gasteiger partial charge in [0.15, 0.2) is 0 Å². The zero-order chi connectivity index (χ0) is 13.9. The minimum absolute atomic E-state index is 0. The second-order valence-corrected chi connectivity index (χ2v) is 5.78. The number of methoxy groups -OCH3 is 1. The minimum Gasteiger partial charge on any atom is -0.496 e. The molecule has 3 nitrogen and oxygen atoms in total. The Labute approximate surface area is 122 Å². The second kappa shape index (κ2) is 7.13. The quantitative estimate of drug-likeness (QED) is 0.874. The van der Waals surface area contributed by atoms with Gasteiger partial charge in [-0.3, -0.25) is 0 Å². The number of hydrogen-bond donors (Lipinski definition) is 2. The molecule has 0 aliphatic heterocycles. The summed E-state index contributed by atoms with van der Waals surface area (Å²) in [5.41, 5.74) is 8.11. The molecule has 0 bridgehead atoms. The van der Waals surface area contributed by atoms with Crippen LogP contribution in [0.3, 0.4) is 0 Å². The lowest BCUT2D eigenvalue weighted by atomic mass is 9.80. The molecule has 0 saturated heterocycles. The fourth-order valence-corrected chi connectivity index (χ4v) is 1.87. The van der Waals surface area contributed by atoms with E-state index >= 15 is 0 Å². The van der Waals surface area contributed by atoms with Crippen molar-refractivity contribution in [2.24, 2.45) is 11.1 Å². The molecule has 3 N–H and O–H groups in total. The molecule has 0 fully saturated rings. The summed E-state index contributed by atoms with van der Waals surface area (Å²) in [4.78, 5) is 0. The highest BCUT2D eigenvalue weighted by Gasteiger charge is 2.29. The predicted molar refractivity (Wildman–Crippen MR) is 82.1 cm³/mol. The van der Waals surface area contributed by atoms with E-state index in [1.165, 1.54) is 5.56 Å². The molecule has 1 aromatic rings. The topological polar surface area (TPSA) is 55.5 Å². The van der Waals surface area contributed by atoms with E-state index in [0.717, 1.165) is 11.3 Å². The van der Waals surface area contributed by atoms with Crippen molar-refractivity contribution in [1.82, 2.24) is 0 Å². The van der Waals surface area contributed by atoms with Crippen LogP contribution in [0.5, 0.6) is 5.75 Å². The summed E-state index contributed by atoms with van der Waals surface area (Å²) in [6.07, 6.45) is 0. The molecule has 1 rings (SSSR count). The number of nitrogens with two attached hydrogens (primary N) is 1. The zero-order valence-corrected chi connectivity index (χ0v) is 13.3. The summed E-state index contributed by atoms with van der Waals surface area (Å²) < 4.78 is 5.38. The fraction of sp³-hybridized carbons (Fsp3) is 0.600. The van der Waals surface area contributed by atoms with E-state index in [9.17, 15) is 5.11 Å². The molecule has 0 aliphatic rings. The lowest BCUT2D eigenvalue weighted by Crippen LogP contribution is -2.32. The third-order valence-corrected chi connectivity index (χ3v) is 3.50. The number of aliphatic hydroxyl groups is 1. The first-order valence-corrected chi connectivity index (χ1v) is 6.37. The molecule has 0 spiro atoms. The van der Waals surface area contributed by atoms with Crippen molar-refractivity contribution >= 4 is 12.4 Å². The number of benzene rings is 1. The molecular formula is C15H26ClNO2. The first-order chi connectivity index (χ1) is 8.33. The molecule has 110 valence electrons. The van der Waals surface area contributed by atoms with Crippen LogP contribution in [0.4, 0.5) is 0 Å². The third kappa shape index (κ3) is 4.10. The summed E-state index contributed by atoms with van der Waals surface area (Å²) in [7, 11) is 1.65. The Morgan fingerprint density at radius 3 is 2.32 bits per heavy atom. The van der Waals surface area contributed by atoms with Gasteiger partial charge in [-0.2, -0.15) is 0 Å². The molecule has 4 heteroatoms. The van der Waals surface area contributed by atoms with Gasteiger partial charge >= 0.3 is 0 Å². The maximum atomic E-state index is 9.45. The van der Waals surface area contributed by atoms with E-state index < -0.39 is 0 Å². The van der Waals surface area contributed by atoms with Crippen LogP contribution in [0.25, 0.3) is 0 Å². The average molecular weight is 288 g/mol. The number of hydrogen-bond acceptors (Lipinski definition) is 3. The maximum Gasteiger partial charge on any atom is 0.123 e. The van der Waals surface area contributed by atoms with Crippen molar-refractivity contribution in [3.05, 3.63) is 29.3 Å². The smallest absolute Gasteiger partial charge is 0.123 e. The Hall–Kier alpha value is -0.770. The van der Waals surface area contributed by atoms with E-state index in [2.05, 4.69) is 26.0 Å². The standard InChI is InChI=1S/C15H25NO2.ClH/c1-10(2)11-6-7-13(18-5)12(8-11)14(16)15(3,4)9-17;/h6-8,10,14,17H,9,16H2,1-5H3;1H/t14-;/m1./s1. The van der Waals surface area contributed by atoms with Gasteiger partial charge in [0.1, 0.15) is 5.75 Å². The van der Waals surface area contributed by atoms with Crippen LogP contribution in [-0.4, -0.2) is 18.8 Å². The molecule has 0 aromatic heterocycles. The van der Waals surface area contributed by atoms with Gasteiger partial charge in [-0.25, -0.2) is 0 Å². The number of halogens is 1. The molecule has 0 radical (unpaired) electrons. The Bertz CT molecular complexity index is 405. The van der Waals surface area contributed by atoms with Crippen molar-refractivity contribution in [1.29, 1.82) is 0 Å². The highest BCUT2D eigenvalue weighted by Crippen LogP contribution is 2.37. The van der Waals surface area contributed by atoms with Crippen LogP contribution in [0, 0.1) is 5.41 Å². The van der Waals surface area contributed by atoms with Crippen LogP contribution in [0.15, 0.2) is 18.2 Å². The highest BCUT2D eigenvalue weighted by atomic mass is 35.5. The molecule has 0 amide bonds. The number of rotatable bonds is 5. The average Bonchev–Trinajstić information content (AvgIpc) is 2.36. The van der Waals surface area contributed by atoms with Crippen LogP contribution >= 0.6 is 12.4 Å². The first-order valence-electron chi connectivity index (χ1n) is 6.37. The van der Waals surface area contributed by atoms with Gasteiger partial charge in [0, 0.05) is 23.6 Å². The summed E-state index contributed by atoms with van der Waals surface area (Å²) >= 11 is 0. The first kappa shape index (κ1) is 18.2. The van der Waals surface area contributed by atoms with Crippen LogP contribution in [-0.2, 0) is 0 Å². The molecule has 0 heterocycles. The largest absolute Gasteiger partial charge is 0.496 e. The summed E-state index contributed by atoms with van der Waals surface area (Å²) in [6, 6.07) is 5.85. The van der Waals surface area contributed by atoms with Crippen molar-refractivity contribution in [2.45, 2.75) is 39.7 Å². The van der Waals surface area contributed by atoms with Gasteiger partial charge in [-0.05, 0) is 17.5 Å². The van der Waals surface area contributed by atoms with E-state index in [0.29, 0.717) is 5.92 Å². The minimum atomic E-state index is -0.372. The zero-order valence-electron chi connectivity index (χ0n) is 12.4. The number of aliphatic hydroxyl groups excluding tert-OH is 1. The lowest BCUT2D eigenvalue weighted by Gasteiger charge is -2.31. The van der Waals surface area contributed by atoms with Crippen molar-refractivity contribution in [3.63, 3.8) is 0 Å². The molecule has 0 saturated carbocycles. The van der Waals surface area contributed by atoms with Gasteiger partial charge in [-0.1, -0.05) is 39.8 Å². The van der Waals surface area contributed by atoms with E-state index in [-0.39, 0.29) is 30.5 Å². The van der Waals surface area contributed by atoms with Crippen LogP contribution < -0.4 is 10.5 Å². The predicted octanol–water partition coefficient (Wildman–Crippen LogP) is 3.26. The third-order valence-electron chi connectivity index (χ3n) is 3.50. The molecule has 0 unspecified atom stereocenters. The molecule has 1 aromatic carbocycles. The van der Waals surface area contributed by atoms with Gasteiger partial charge in [-0.15, -0.1) is 12.4 Å². The second-order valence-electron chi connectivity index (χ2n) is 5.78. The summed E-state index contributed by atoms with van der Waals surface area (Å²) in [6.45, 7) is 8.25. The lowest BCUT2D eigenvalue weighted by molar-refractivity contribution is 0.131. The van der Waals surface area contributed by atoms with E-state index in [1.807, 2.05) is 19.9 Å².